The second-order valence-electron chi connectivity index (χ2n) is 6.39. The van der Waals surface area contributed by atoms with Crippen molar-refractivity contribution >= 4 is 29.2 Å². The van der Waals surface area contributed by atoms with Gasteiger partial charge in [0, 0.05) is 22.3 Å². The fourth-order valence-electron chi connectivity index (χ4n) is 2.97. The summed E-state index contributed by atoms with van der Waals surface area (Å²) < 4.78 is 14.3. The van der Waals surface area contributed by atoms with E-state index in [1.54, 1.807) is 42.5 Å². The monoisotopic (exact) mass is 412 g/mol. The number of halogens is 2. The summed E-state index contributed by atoms with van der Waals surface area (Å²) in [5.41, 5.74) is 12.3. The topological polar surface area (TPSA) is 111 Å². The van der Waals surface area contributed by atoms with E-state index < -0.39 is 23.7 Å². The first-order chi connectivity index (χ1) is 13.8. The zero-order valence-corrected chi connectivity index (χ0v) is 16.0. The lowest BCUT2D eigenvalue weighted by Gasteiger charge is -2.19. The summed E-state index contributed by atoms with van der Waals surface area (Å²) in [5, 5.41) is 3.21. The maximum absolute atomic E-state index is 14.3. The van der Waals surface area contributed by atoms with Gasteiger partial charge in [-0.05, 0) is 29.8 Å². The van der Waals surface area contributed by atoms with Gasteiger partial charge in [-0.15, -0.1) is 0 Å². The van der Waals surface area contributed by atoms with Crippen molar-refractivity contribution < 1.29 is 14.0 Å². The maximum atomic E-state index is 14.3. The van der Waals surface area contributed by atoms with Gasteiger partial charge >= 0.3 is 0 Å². The van der Waals surface area contributed by atoms with Crippen LogP contribution in [0.4, 0.5) is 10.2 Å². The highest BCUT2D eigenvalue weighted by Gasteiger charge is 2.22. The van der Waals surface area contributed by atoms with Gasteiger partial charge in [-0.3, -0.25) is 9.59 Å². The SMILES string of the molecule is NC(=O)C[C@H](NC(=O)c1cnc(N)cc1-c1ccccc1F)c1cccc(Cl)c1. The number of aromatic nitrogens is 1. The Labute approximate surface area is 171 Å². The van der Waals surface area contributed by atoms with E-state index in [2.05, 4.69) is 10.3 Å². The lowest BCUT2D eigenvalue weighted by atomic mass is 9.98. The van der Waals surface area contributed by atoms with Gasteiger partial charge in [-0.25, -0.2) is 9.37 Å². The standard InChI is InChI=1S/C21H18ClFN4O2/c22-13-5-3-4-12(8-13)18(10-20(25)28)27-21(29)16-11-26-19(24)9-15(16)14-6-1-2-7-17(14)23/h1-9,11,18H,10H2,(H2,24,26)(H2,25,28)(H,27,29)/t18-/m0/s1. The Balaban J connectivity index is 1.99. The number of hydrogen-bond acceptors (Lipinski definition) is 4. The van der Waals surface area contributed by atoms with Crippen LogP contribution in [0.25, 0.3) is 11.1 Å². The highest BCUT2D eigenvalue weighted by Crippen LogP contribution is 2.28. The van der Waals surface area contributed by atoms with Gasteiger partial charge in [0.1, 0.15) is 11.6 Å². The zero-order chi connectivity index (χ0) is 21.0. The van der Waals surface area contributed by atoms with Crippen molar-refractivity contribution in [3.8, 4) is 11.1 Å². The molecule has 0 aliphatic rings. The van der Waals surface area contributed by atoms with Crippen LogP contribution in [0, 0.1) is 5.82 Å². The smallest absolute Gasteiger partial charge is 0.253 e. The molecule has 0 saturated carbocycles. The molecule has 0 spiro atoms. The number of benzene rings is 2. The molecule has 0 bridgehead atoms. The number of carbonyl (C=O) groups excluding carboxylic acids is 2. The van der Waals surface area contributed by atoms with Crippen LogP contribution in [0.15, 0.2) is 60.8 Å². The van der Waals surface area contributed by atoms with Crippen LogP contribution in [0.3, 0.4) is 0 Å². The highest BCUT2D eigenvalue weighted by molar-refractivity contribution is 6.30. The Hall–Kier alpha value is -3.45. The van der Waals surface area contributed by atoms with E-state index in [1.807, 2.05) is 0 Å². The van der Waals surface area contributed by atoms with Crippen LogP contribution in [-0.2, 0) is 4.79 Å². The molecule has 5 N–H and O–H groups in total. The molecule has 0 aliphatic heterocycles. The summed E-state index contributed by atoms with van der Waals surface area (Å²) in [6.07, 6.45) is 1.13. The number of nitrogen functional groups attached to an aromatic ring is 1. The molecule has 0 fully saturated rings. The quantitative estimate of drug-likeness (QED) is 0.575. The molecule has 0 saturated heterocycles. The van der Waals surface area contributed by atoms with Crippen molar-refractivity contribution in [2.75, 3.05) is 5.73 Å². The fraction of sp³-hybridized carbons (Fsp3) is 0.0952. The number of rotatable bonds is 6. The van der Waals surface area contributed by atoms with Gasteiger partial charge < -0.3 is 16.8 Å². The first-order valence-electron chi connectivity index (χ1n) is 8.70. The van der Waals surface area contributed by atoms with Crippen LogP contribution in [-0.4, -0.2) is 16.8 Å². The second-order valence-corrected chi connectivity index (χ2v) is 6.82. The maximum Gasteiger partial charge on any atom is 0.253 e. The molecule has 1 heterocycles. The molecule has 6 nitrogen and oxygen atoms in total. The molecule has 2 amide bonds. The third kappa shape index (κ3) is 4.89. The summed E-state index contributed by atoms with van der Waals surface area (Å²) in [6.45, 7) is 0. The Morgan fingerprint density at radius 1 is 1.10 bits per heavy atom. The Kier molecular flexibility index (Phi) is 6.09. The van der Waals surface area contributed by atoms with Crippen molar-refractivity contribution in [2.45, 2.75) is 12.5 Å². The largest absolute Gasteiger partial charge is 0.384 e. The van der Waals surface area contributed by atoms with E-state index in [1.165, 1.54) is 18.3 Å². The molecule has 0 radical (unpaired) electrons. The van der Waals surface area contributed by atoms with E-state index in [0.29, 0.717) is 10.6 Å². The number of pyridine rings is 1. The number of hydrogen-bond donors (Lipinski definition) is 3. The predicted molar refractivity (Wildman–Crippen MR) is 110 cm³/mol. The van der Waals surface area contributed by atoms with Crippen molar-refractivity contribution in [3.63, 3.8) is 0 Å². The van der Waals surface area contributed by atoms with Crippen molar-refractivity contribution in [3.05, 3.63) is 82.8 Å². The van der Waals surface area contributed by atoms with Crippen molar-refractivity contribution in [2.24, 2.45) is 5.73 Å². The van der Waals surface area contributed by atoms with Gasteiger partial charge in [-0.2, -0.15) is 0 Å². The number of anilines is 1. The molecule has 1 atom stereocenters. The predicted octanol–water partition coefficient (Wildman–Crippen LogP) is 3.47. The van der Waals surface area contributed by atoms with E-state index in [-0.39, 0.29) is 28.9 Å². The second kappa shape index (κ2) is 8.70. The van der Waals surface area contributed by atoms with Gasteiger partial charge in [0.05, 0.1) is 18.0 Å². The normalized spacial score (nSPS) is 11.7. The number of primary amides is 1. The van der Waals surface area contributed by atoms with E-state index in [0.717, 1.165) is 0 Å². The third-order valence-electron chi connectivity index (χ3n) is 4.30. The first-order valence-corrected chi connectivity index (χ1v) is 9.08. The van der Waals surface area contributed by atoms with Crippen LogP contribution < -0.4 is 16.8 Å². The molecule has 29 heavy (non-hydrogen) atoms. The number of nitrogens with zero attached hydrogens (tertiary/aromatic N) is 1. The Morgan fingerprint density at radius 2 is 1.86 bits per heavy atom. The van der Waals surface area contributed by atoms with Crippen LogP contribution in [0.5, 0.6) is 0 Å². The summed E-state index contributed by atoms with van der Waals surface area (Å²) in [6, 6.07) is 13.5. The lowest BCUT2D eigenvalue weighted by Crippen LogP contribution is -2.32. The minimum Gasteiger partial charge on any atom is -0.384 e. The summed E-state index contributed by atoms with van der Waals surface area (Å²) in [4.78, 5) is 28.5. The van der Waals surface area contributed by atoms with E-state index >= 15 is 0 Å². The van der Waals surface area contributed by atoms with Crippen LogP contribution in [0.1, 0.15) is 28.4 Å². The molecule has 8 heteroatoms. The lowest BCUT2D eigenvalue weighted by molar-refractivity contribution is -0.118. The Bertz CT molecular complexity index is 1070. The number of nitrogens with one attached hydrogen (secondary N) is 1. The average molecular weight is 413 g/mol. The highest BCUT2D eigenvalue weighted by atomic mass is 35.5. The van der Waals surface area contributed by atoms with Gasteiger partial charge in [-0.1, -0.05) is 41.9 Å². The third-order valence-corrected chi connectivity index (χ3v) is 4.53. The minimum absolute atomic E-state index is 0.112. The van der Waals surface area contributed by atoms with Gasteiger partial charge in [0.15, 0.2) is 0 Å². The summed E-state index contributed by atoms with van der Waals surface area (Å²) >= 11 is 6.02. The molecule has 2 aromatic carbocycles. The molecule has 3 aromatic rings. The zero-order valence-electron chi connectivity index (χ0n) is 15.2. The van der Waals surface area contributed by atoms with Crippen LogP contribution in [0.2, 0.25) is 5.02 Å². The minimum atomic E-state index is -0.718. The number of nitrogens with two attached hydrogens (primary N) is 2. The van der Waals surface area contributed by atoms with Crippen LogP contribution >= 0.6 is 11.6 Å². The molecular weight excluding hydrogens is 395 g/mol. The molecule has 3 rings (SSSR count). The number of carbonyl (C=O) groups is 2. The average Bonchev–Trinajstić information content (AvgIpc) is 2.67. The molecule has 148 valence electrons. The van der Waals surface area contributed by atoms with Gasteiger partial charge in [0.2, 0.25) is 5.91 Å². The summed E-state index contributed by atoms with van der Waals surface area (Å²) in [7, 11) is 0. The molecule has 0 aliphatic carbocycles. The van der Waals surface area contributed by atoms with Crippen molar-refractivity contribution in [1.82, 2.24) is 10.3 Å². The van der Waals surface area contributed by atoms with Gasteiger partial charge in [0.25, 0.3) is 5.91 Å². The molecule has 1 aromatic heterocycles. The summed E-state index contributed by atoms with van der Waals surface area (Å²) in [5.74, 6) is -1.51. The van der Waals surface area contributed by atoms with E-state index in [4.69, 9.17) is 23.1 Å². The fourth-order valence-corrected chi connectivity index (χ4v) is 3.17. The Morgan fingerprint density at radius 3 is 2.55 bits per heavy atom. The molecule has 0 unspecified atom stereocenters. The molecular formula is C21H18ClFN4O2. The number of amides is 2. The van der Waals surface area contributed by atoms with E-state index in [9.17, 15) is 14.0 Å². The van der Waals surface area contributed by atoms with Crippen molar-refractivity contribution in [1.29, 1.82) is 0 Å². The first kappa shape index (κ1) is 20.3.